The summed E-state index contributed by atoms with van der Waals surface area (Å²) in [7, 11) is 0. The van der Waals surface area contributed by atoms with E-state index in [2.05, 4.69) is 71.3 Å². The Bertz CT molecular complexity index is 1240. The average molecular weight is 420 g/mol. The number of imidazole rings is 1. The lowest BCUT2D eigenvalue weighted by atomic mass is 9.89. The van der Waals surface area contributed by atoms with Crippen molar-refractivity contribution in [1.82, 2.24) is 9.55 Å². The summed E-state index contributed by atoms with van der Waals surface area (Å²) in [5, 5.41) is 9.04. The Kier molecular flexibility index (Phi) is 6.03. The molecule has 1 saturated carbocycles. The number of hydrogen-bond acceptors (Lipinski definition) is 2. The third-order valence-corrected chi connectivity index (χ3v) is 6.84. The van der Waals surface area contributed by atoms with Crippen molar-refractivity contribution in [2.75, 3.05) is 0 Å². The molecule has 0 spiro atoms. The number of nitriles is 1. The first-order valence-electron chi connectivity index (χ1n) is 11.8. The van der Waals surface area contributed by atoms with Crippen LogP contribution in [0.3, 0.4) is 0 Å². The van der Waals surface area contributed by atoms with E-state index in [-0.39, 0.29) is 0 Å². The third kappa shape index (κ3) is 4.32. The molecule has 5 rings (SSSR count). The van der Waals surface area contributed by atoms with Gasteiger partial charge in [0.05, 0.1) is 22.7 Å². The summed E-state index contributed by atoms with van der Waals surface area (Å²) >= 11 is 0. The maximum Gasteiger partial charge on any atom is 0.141 e. The van der Waals surface area contributed by atoms with Crippen LogP contribution in [-0.4, -0.2) is 9.55 Å². The van der Waals surface area contributed by atoms with E-state index in [4.69, 9.17) is 10.2 Å². The van der Waals surface area contributed by atoms with E-state index < -0.39 is 0 Å². The molecule has 0 unspecified atom stereocenters. The SMILES string of the molecule is N#Cc1ccc(CCc2ccccc2-c2nc3ccccc3n2CC2CCCCC2)cc1. The third-order valence-electron chi connectivity index (χ3n) is 6.84. The summed E-state index contributed by atoms with van der Waals surface area (Å²) < 4.78 is 2.48. The number of nitrogens with zero attached hydrogens (tertiary/aromatic N) is 3. The highest BCUT2D eigenvalue weighted by Gasteiger charge is 2.20. The molecule has 0 amide bonds. The lowest BCUT2D eigenvalue weighted by Gasteiger charge is -2.23. The van der Waals surface area contributed by atoms with Crippen molar-refractivity contribution in [2.24, 2.45) is 5.92 Å². The van der Waals surface area contributed by atoms with Gasteiger partial charge in [0.15, 0.2) is 0 Å². The monoisotopic (exact) mass is 419 g/mol. The van der Waals surface area contributed by atoms with Crippen LogP contribution in [0.25, 0.3) is 22.4 Å². The molecule has 0 N–H and O–H groups in total. The zero-order valence-electron chi connectivity index (χ0n) is 18.5. The second-order valence-electron chi connectivity index (χ2n) is 9.00. The van der Waals surface area contributed by atoms with Crippen molar-refractivity contribution in [1.29, 1.82) is 5.26 Å². The van der Waals surface area contributed by atoms with Crippen LogP contribution >= 0.6 is 0 Å². The summed E-state index contributed by atoms with van der Waals surface area (Å²) in [4.78, 5) is 5.11. The highest BCUT2D eigenvalue weighted by molar-refractivity contribution is 5.81. The van der Waals surface area contributed by atoms with Gasteiger partial charge in [0.1, 0.15) is 5.82 Å². The average Bonchev–Trinajstić information content (AvgIpc) is 3.22. The maximum absolute atomic E-state index is 9.04. The van der Waals surface area contributed by atoms with Gasteiger partial charge in [-0.2, -0.15) is 5.26 Å². The molecule has 1 fully saturated rings. The molecule has 32 heavy (non-hydrogen) atoms. The molecular formula is C29H29N3. The molecule has 1 heterocycles. The fourth-order valence-corrected chi connectivity index (χ4v) is 5.08. The first-order valence-corrected chi connectivity index (χ1v) is 11.8. The molecule has 1 aromatic heterocycles. The molecule has 3 aromatic carbocycles. The second kappa shape index (κ2) is 9.40. The van der Waals surface area contributed by atoms with Crippen molar-refractivity contribution in [2.45, 2.75) is 51.5 Å². The molecule has 1 aliphatic rings. The molecule has 3 heteroatoms. The lowest BCUT2D eigenvalue weighted by molar-refractivity contribution is 0.323. The minimum Gasteiger partial charge on any atom is -0.324 e. The second-order valence-corrected chi connectivity index (χ2v) is 9.00. The van der Waals surface area contributed by atoms with E-state index in [1.165, 1.54) is 54.3 Å². The molecule has 3 nitrogen and oxygen atoms in total. The number of aryl methyl sites for hydroxylation is 2. The van der Waals surface area contributed by atoms with Gasteiger partial charge in [-0.25, -0.2) is 4.98 Å². The van der Waals surface area contributed by atoms with Crippen LogP contribution in [0.4, 0.5) is 0 Å². The molecule has 0 bridgehead atoms. The van der Waals surface area contributed by atoms with Crippen molar-refractivity contribution < 1.29 is 0 Å². The van der Waals surface area contributed by atoms with Crippen LogP contribution in [0.1, 0.15) is 48.8 Å². The highest BCUT2D eigenvalue weighted by atomic mass is 15.1. The van der Waals surface area contributed by atoms with Crippen LogP contribution in [-0.2, 0) is 19.4 Å². The molecule has 4 aromatic rings. The number of para-hydroxylation sites is 2. The first-order chi connectivity index (χ1) is 15.8. The smallest absolute Gasteiger partial charge is 0.141 e. The predicted octanol–water partition coefficient (Wildman–Crippen LogP) is 6.94. The normalized spacial score (nSPS) is 14.5. The van der Waals surface area contributed by atoms with Gasteiger partial charge in [-0.3, -0.25) is 0 Å². The van der Waals surface area contributed by atoms with Gasteiger partial charge in [0.2, 0.25) is 0 Å². The summed E-state index contributed by atoms with van der Waals surface area (Å²) in [6.45, 7) is 1.06. The Morgan fingerprint density at radius 1 is 0.844 bits per heavy atom. The predicted molar refractivity (Wildman–Crippen MR) is 130 cm³/mol. The zero-order chi connectivity index (χ0) is 21.8. The van der Waals surface area contributed by atoms with E-state index in [1.54, 1.807) is 0 Å². The number of benzene rings is 3. The highest BCUT2D eigenvalue weighted by Crippen LogP contribution is 2.32. The maximum atomic E-state index is 9.04. The largest absolute Gasteiger partial charge is 0.324 e. The Morgan fingerprint density at radius 3 is 2.41 bits per heavy atom. The van der Waals surface area contributed by atoms with Gasteiger partial charge >= 0.3 is 0 Å². The van der Waals surface area contributed by atoms with Crippen molar-refractivity contribution in [3.05, 3.63) is 89.5 Å². The van der Waals surface area contributed by atoms with E-state index in [0.29, 0.717) is 5.56 Å². The van der Waals surface area contributed by atoms with Gasteiger partial charge in [-0.05, 0) is 67.0 Å². The molecule has 0 aliphatic heterocycles. The lowest BCUT2D eigenvalue weighted by Crippen LogP contribution is -2.15. The van der Waals surface area contributed by atoms with Crippen LogP contribution in [0, 0.1) is 17.2 Å². The topological polar surface area (TPSA) is 41.6 Å². The van der Waals surface area contributed by atoms with Crippen molar-refractivity contribution in [3.63, 3.8) is 0 Å². The van der Waals surface area contributed by atoms with E-state index >= 15 is 0 Å². The number of hydrogen-bond donors (Lipinski definition) is 0. The first kappa shape index (κ1) is 20.5. The van der Waals surface area contributed by atoms with Crippen LogP contribution in [0.15, 0.2) is 72.8 Å². The molecule has 0 saturated heterocycles. The minimum absolute atomic E-state index is 0.714. The summed E-state index contributed by atoms with van der Waals surface area (Å²) in [5.41, 5.74) is 6.88. The molecular weight excluding hydrogens is 390 g/mol. The molecule has 0 radical (unpaired) electrons. The van der Waals surface area contributed by atoms with Crippen LogP contribution in [0.2, 0.25) is 0 Å². The summed E-state index contributed by atoms with van der Waals surface area (Å²) in [5.74, 6) is 1.85. The van der Waals surface area contributed by atoms with Gasteiger partial charge in [-0.1, -0.05) is 67.8 Å². The Balaban J connectivity index is 1.48. The van der Waals surface area contributed by atoms with Crippen LogP contribution < -0.4 is 0 Å². The number of fused-ring (bicyclic) bond motifs is 1. The number of aromatic nitrogens is 2. The molecule has 160 valence electrons. The van der Waals surface area contributed by atoms with Gasteiger partial charge < -0.3 is 4.57 Å². The minimum atomic E-state index is 0.714. The van der Waals surface area contributed by atoms with Gasteiger partial charge in [-0.15, -0.1) is 0 Å². The quantitative estimate of drug-likeness (QED) is 0.340. The fraction of sp³-hybridized carbons (Fsp3) is 0.310. The van der Waals surface area contributed by atoms with E-state index in [1.807, 2.05) is 12.1 Å². The van der Waals surface area contributed by atoms with E-state index in [9.17, 15) is 0 Å². The summed E-state index contributed by atoms with van der Waals surface area (Å²) in [6, 6.07) is 27.4. The molecule has 1 aliphatic carbocycles. The van der Waals surface area contributed by atoms with Crippen molar-refractivity contribution >= 4 is 11.0 Å². The fourth-order valence-electron chi connectivity index (χ4n) is 5.08. The molecule has 0 atom stereocenters. The Morgan fingerprint density at radius 2 is 1.59 bits per heavy atom. The van der Waals surface area contributed by atoms with E-state index in [0.717, 1.165) is 36.6 Å². The summed E-state index contributed by atoms with van der Waals surface area (Å²) in [6.07, 6.45) is 8.65. The van der Waals surface area contributed by atoms with Gasteiger partial charge in [0, 0.05) is 12.1 Å². The Hall–Kier alpha value is -3.38. The number of rotatable bonds is 6. The van der Waals surface area contributed by atoms with Crippen LogP contribution in [0.5, 0.6) is 0 Å². The zero-order valence-corrected chi connectivity index (χ0v) is 18.5. The van der Waals surface area contributed by atoms with Crippen molar-refractivity contribution in [3.8, 4) is 17.5 Å². The Labute approximate surface area is 190 Å². The van der Waals surface area contributed by atoms with Gasteiger partial charge in [0.25, 0.3) is 0 Å². The standard InChI is InChI=1S/C29H29N3/c30-20-23-16-14-22(15-17-23)18-19-25-10-4-5-11-26(25)29-31-27-12-6-7-13-28(27)32(29)21-24-8-2-1-3-9-24/h4-7,10-17,24H,1-3,8-9,18-19,21H2.